The maximum Gasteiger partial charge on any atom is 1.00 e. The van der Waals surface area contributed by atoms with Crippen LogP contribution in [0.25, 0.3) is 0 Å². The standard InChI is InChI=1S/C8H9FN2O2.C7H6FN2O2.K.H2O/c1-5(12)6-10-7(11-13-6)8(4-9)2-3-8;8-4-7(1-2-7)6-9-5(3-11)12-10-6;;/h2-4H2,1H3;1-2,4H2;;1H2/q;-1;+1;/p-1. The molecule has 0 spiro atoms. The summed E-state index contributed by atoms with van der Waals surface area (Å²) in [5.41, 5.74) is -1.10. The molecule has 1 N–H and O–H groups in total. The van der Waals surface area contributed by atoms with Crippen molar-refractivity contribution in [3.8, 4) is 0 Å². The van der Waals surface area contributed by atoms with E-state index in [4.69, 9.17) is 0 Å². The zero-order valence-corrected chi connectivity index (χ0v) is 18.0. The number of aromatic nitrogens is 4. The Bertz CT molecular complexity index is 789. The van der Waals surface area contributed by atoms with Crippen LogP contribution in [-0.2, 0) is 15.6 Å². The second-order valence-corrected chi connectivity index (χ2v) is 6.33. The molecule has 27 heavy (non-hydrogen) atoms. The molecule has 2 heterocycles. The maximum atomic E-state index is 12.5. The molecule has 0 radical (unpaired) electrons. The summed E-state index contributed by atoms with van der Waals surface area (Å²) in [7, 11) is 0. The minimum absolute atomic E-state index is 0. The van der Waals surface area contributed by atoms with Gasteiger partial charge in [0.1, 0.15) is 19.2 Å². The first-order valence-electron chi connectivity index (χ1n) is 7.68. The molecule has 2 saturated carbocycles. The van der Waals surface area contributed by atoms with Crippen LogP contribution in [0.4, 0.5) is 8.78 Å². The van der Waals surface area contributed by atoms with Gasteiger partial charge in [0.25, 0.3) is 5.89 Å². The smallest absolute Gasteiger partial charge is 0.870 e. The predicted octanol–water partition coefficient (Wildman–Crippen LogP) is -1.37. The fraction of sp³-hybridized carbons (Fsp3) is 0.600. The first kappa shape index (κ1) is 24.1. The van der Waals surface area contributed by atoms with Crippen molar-refractivity contribution < 1.29 is 84.3 Å². The Kier molecular flexibility index (Phi) is 8.50. The van der Waals surface area contributed by atoms with E-state index in [1.165, 1.54) is 13.2 Å². The van der Waals surface area contributed by atoms with E-state index in [1.807, 2.05) is 0 Å². The van der Waals surface area contributed by atoms with Crippen LogP contribution in [0.15, 0.2) is 9.05 Å². The molecule has 0 saturated heterocycles. The van der Waals surface area contributed by atoms with E-state index in [2.05, 4.69) is 29.3 Å². The van der Waals surface area contributed by atoms with Crippen LogP contribution >= 0.6 is 0 Å². The van der Waals surface area contributed by atoms with Crippen molar-refractivity contribution in [3.05, 3.63) is 23.4 Å². The van der Waals surface area contributed by atoms with Gasteiger partial charge in [-0.1, -0.05) is 10.3 Å². The van der Waals surface area contributed by atoms with E-state index >= 15 is 0 Å². The summed E-state index contributed by atoms with van der Waals surface area (Å²) >= 11 is 0. The van der Waals surface area contributed by atoms with Crippen LogP contribution in [0.2, 0.25) is 0 Å². The molecule has 9 nitrogen and oxygen atoms in total. The summed E-state index contributed by atoms with van der Waals surface area (Å²) in [6, 6.07) is 0. The minimum atomic E-state index is -0.557. The molecular weight excluding hydrogens is 393 g/mol. The third kappa shape index (κ3) is 5.12. The van der Waals surface area contributed by atoms with Crippen LogP contribution in [0.3, 0.4) is 0 Å². The van der Waals surface area contributed by atoms with Crippen LogP contribution in [0.5, 0.6) is 0 Å². The number of carbonyl (C=O) groups is 1. The molecule has 2 aromatic rings. The van der Waals surface area contributed by atoms with Gasteiger partial charge in [-0.05, 0) is 25.7 Å². The second kappa shape index (κ2) is 9.52. The van der Waals surface area contributed by atoms with Crippen molar-refractivity contribution >= 4 is 12.1 Å². The number of rotatable bonds is 6. The molecule has 4 rings (SSSR count). The van der Waals surface area contributed by atoms with Crippen molar-refractivity contribution in [2.45, 2.75) is 43.4 Å². The van der Waals surface area contributed by atoms with Crippen molar-refractivity contribution in [2.24, 2.45) is 0 Å². The van der Waals surface area contributed by atoms with E-state index < -0.39 is 24.2 Å². The van der Waals surface area contributed by atoms with Gasteiger partial charge < -0.3 is 19.3 Å². The molecule has 2 aromatic heterocycles. The van der Waals surface area contributed by atoms with Gasteiger partial charge in [-0.25, -0.2) is 13.8 Å². The van der Waals surface area contributed by atoms with Crippen molar-refractivity contribution in [3.63, 3.8) is 0 Å². The van der Waals surface area contributed by atoms with Crippen LogP contribution in [0.1, 0.15) is 60.8 Å². The molecule has 142 valence electrons. The summed E-state index contributed by atoms with van der Waals surface area (Å²) in [4.78, 5) is 28.4. The van der Waals surface area contributed by atoms with Crippen molar-refractivity contribution in [1.29, 1.82) is 0 Å². The zero-order chi connectivity index (χ0) is 18.1. The molecule has 12 heteroatoms. The number of hydrogen-bond donors (Lipinski definition) is 0. The molecular formula is C15H16F2KN4O5-. The third-order valence-electron chi connectivity index (χ3n) is 4.41. The number of Topliss-reactive ketones (excluding diaryl/α,β-unsaturated/α-hetero) is 1. The van der Waals surface area contributed by atoms with E-state index in [1.54, 1.807) is 0 Å². The van der Waals surface area contributed by atoms with Gasteiger partial charge in [-0.2, -0.15) is 11.3 Å². The predicted molar refractivity (Wildman–Crippen MR) is 79.1 cm³/mol. The minimum Gasteiger partial charge on any atom is -0.870 e. The maximum absolute atomic E-state index is 12.5. The molecule has 2 aliphatic carbocycles. The first-order chi connectivity index (χ1) is 12.0. The molecule has 0 aromatic carbocycles. The Balaban J connectivity index is 0.000000252. The van der Waals surface area contributed by atoms with Gasteiger partial charge >= 0.3 is 51.4 Å². The van der Waals surface area contributed by atoms with E-state index in [0.29, 0.717) is 11.6 Å². The Morgan fingerprint density at radius 2 is 1.52 bits per heavy atom. The molecule has 0 amide bonds. The van der Waals surface area contributed by atoms with Crippen molar-refractivity contribution in [1.82, 2.24) is 20.3 Å². The van der Waals surface area contributed by atoms with Gasteiger partial charge in [0.15, 0.2) is 11.6 Å². The summed E-state index contributed by atoms with van der Waals surface area (Å²) in [6.45, 7) is 0.362. The Labute approximate surface area is 195 Å². The topological polar surface area (TPSA) is 142 Å². The number of carbonyl (C=O) groups excluding carboxylic acids is 2. The first-order valence-corrected chi connectivity index (χ1v) is 7.68. The number of halogens is 2. The largest absolute Gasteiger partial charge is 1.00 e. The number of nitrogens with zero attached hydrogens (tertiary/aromatic N) is 4. The number of hydrogen-bond acceptors (Lipinski definition) is 9. The zero-order valence-electron chi connectivity index (χ0n) is 14.9. The molecule has 2 aliphatic rings. The van der Waals surface area contributed by atoms with Crippen LogP contribution in [-0.4, -0.2) is 51.2 Å². The summed E-state index contributed by atoms with van der Waals surface area (Å²) in [5.74, 6) is 0.108. The molecule has 0 atom stereocenters. The fourth-order valence-corrected chi connectivity index (χ4v) is 2.20. The average Bonchev–Trinajstić information content (AvgIpc) is 3.50. The van der Waals surface area contributed by atoms with E-state index in [9.17, 15) is 18.4 Å². The Hall–Kier alpha value is -0.924. The fourth-order valence-electron chi connectivity index (χ4n) is 2.20. The van der Waals surface area contributed by atoms with Gasteiger partial charge in [0, 0.05) is 6.92 Å². The number of ketones is 1. The van der Waals surface area contributed by atoms with Gasteiger partial charge in [-0.3, -0.25) is 4.79 Å². The third-order valence-corrected chi connectivity index (χ3v) is 4.41. The average molecular weight is 409 g/mol. The summed E-state index contributed by atoms with van der Waals surface area (Å²) in [5, 5.41) is 7.10. The molecule has 0 aliphatic heterocycles. The number of alkyl halides is 2. The normalized spacial score (nSPS) is 17.4. The SMILES string of the molecule is CC(=O)c1nc(C2(CF)CC2)no1.O=[C-]c1nc(C2(CF)CC2)no1.[K+].[OH-]. The van der Waals surface area contributed by atoms with Gasteiger partial charge in [0.2, 0.25) is 5.78 Å². The van der Waals surface area contributed by atoms with E-state index in [-0.39, 0.29) is 74.4 Å². The van der Waals surface area contributed by atoms with E-state index in [0.717, 1.165) is 25.7 Å². The Morgan fingerprint density at radius 3 is 1.85 bits per heavy atom. The summed E-state index contributed by atoms with van der Waals surface area (Å²) < 4.78 is 34.1. The van der Waals surface area contributed by atoms with Crippen molar-refractivity contribution in [2.75, 3.05) is 13.3 Å². The Morgan fingerprint density at radius 1 is 1.04 bits per heavy atom. The molecule has 0 unspecified atom stereocenters. The van der Waals surface area contributed by atoms with Gasteiger partial charge in [-0.15, -0.1) is 0 Å². The van der Waals surface area contributed by atoms with Crippen LogP contribution in [0, 0.1) is 0 Å². The molecule has 0 bridgehead atoms. The van der Waals surface area contributed by atoms with Crippen LogP contribution < -0.4 is 51.4 Å². The van der Waals surface area contributed by atoms with Gasteiger partial charge in [0.05, 0.1) is 10.8 Å². The second-order valence-electron chi connectivity index (χ2n) is 6.33. The molecule has 2 fully saturated rings. The summed E-state index contributed by atoms with van der Waals surface area (Å²) in [6.07, 6.45) is 4.38. The quantitative estimate of drug-likeness (QED) is 0.321. The monoisotopic (exact) mass is 409 g/mol.